The molecule has 0 spiro atoms. The lowest BCUT2D eigenvalue weighted by molar-refractivity contribution is -0.118. The number of hydrogen-bond acceptors (Lipinski definition) is 6. The van der Waals surface area contributed by atoms with Gasteiger partial charge >= 0.3 is 0 Å². The molecule has 0 radical (unpaired) electrons. The van der Waals surface area contributed by atoms with Crippen LogP contribution >= 0.6 is 22.9 Å². The molecule has 0 bridgehead atoms. The number of carbonyl (C=O) groups is 2. The number of benzene rings is 1. The second-order valence-electron chi connectivity index (χ2n) is 4.19. The zero-order valence-electron chi connectivity index (χ0n) is 10.5. The van der Waals surface area contributed by atoms with Crippen LogP contribution in [0.4, 0.5) is 16.5 Å². The third-order valence-electron chi connectivity index (χ3n) is 2.70. The van der Waals surface area contributed by atoms with Gasteiger partial charge in [0, 0.05) is 11.4 Å². The van der Waals surface area contributed by atoms with E-state index < -0.39 is 5.91 Å². The molecule has 2 aromatic rings. The quantitative estimate of drug-likeness (QED) is 0.783. The Morgan fingerprint density at radius 1 is 1.52 bits per heavy atom. The predicted molar refractivity (Wildman–Crippen MR) is 80.1 cm³/mol. The number of aromatic nitrogens is 1. The highest BCUT2D eigenvalue weighted by atomic mass is 35.5. The number of carbonyl (C=O) groups excluding carboxylic acids is 2. The first kappa shape index (κ1) is 13.7. The van der Waals surface area contributed by atoms with Gasteiger partial charge in [-0.1, -0.05) is 11.6 Å². The molecule has 108 valence electrons. The van der Waals surface area contributed by atoms with Crippen LogP contribution in [0.15, 0.2) is 17.5 Å². The van der Waals surface area contributed by atoms with Gasteiger partial charge in [-0.2, -0.15) is 0 Å². The summed E-state index contributed by atoms with van der Waals surface area (Å²) in [6.45, 7) is -0.0787. The minimum atomic E-state index is -0.426. The van der Waals surface area contributed by atoms with Gasteiger partial charge in [-0.05, 0) is 6.07 Å². The van der Waals surface area contributed by atoms with Crippen molar-refractivity contribution in [3.8, 4) is 5.75 Å². The van der Waals surface area contributed by atoms with Gasteiger partial charge < -0.3 is 21.1 Å². The van der Waals surface area contributed by atoms with Crippen molar-refractivity contribution in [1.29, 1.82) is 0 Å². The molecule has 0 atom stereocenters. The van der Waals surface area contributed by atoms with Crippen molar-refractivity contribution in [2.45, 2.75) is 0 Å². The van der Waals surface area contributed by atoms with Crippen LogP contribution in [0.1, 0.15) is 10.5 Å². The molecule has 21 heavy (non-hydrogen) atoms. The smallest absolute Gasteiger partial charge is 0.275 e. The van der Waals surface area contributed by atoms with Crippen molar-refractivity contribution in [3.05, 3.63) is 28.2 Å². The minimum Gasteiger partial charge on any atom is -0.482 e. The molecule has 2 heterocycles. The molecule has 0 saturated heterocycles. The summed E-state index contributed by atoms with van der Waals surface area (Å²) in [5.41, 5.74) is 6.52. The van der Waals surface area contributed by atoms with E-state index in [1.807, 2.05) is 0 Å². The summed E-state index contributed by atoms with van der Waals surface area (Å²) in [6, 6.07) is 3.06. The number of nitrogens with zero attached hydrogens (tertiary/aromatic N) is 1. The lowest BCUT2D eigenvalue weighted by Crippen LogP contribution is -2.25. The monoisotopic (exact) mass is 324 g/mol. The summed E-state index contributed by atoms with van der Waals surface area (Å²) >= 11 is 7.25. The summed E-state index contributed by atoms with van der Waals surface area (Å²) in [7, 11) is 0. The molecule has 9 heteroatoms. The largest absolute Gasteiger partial charge is 0.482 e. The second kappa shape index (κ2) is 5.23. The van der Waals surface area contributed by atoms with Gasteiger partial charge in [0.15, 0.2) is 11.7 Å². The van der Waals surface area contributed by atoms with Gasteiger partial charge in [-0.15, -0.1) is 11.3 Å². The van der Waals surface area contributed by atoms with E-state index in [2.05, 4.69) is 15.6 Å². The lowest BCUT2D eigenvalue weighted by Gasteiger charge is -2.19. The van der Waals surface area contributed by atoms with E-state index in [0.717, 1.165) is 0 Å². The maximum atomic E-state index is 12.0. The van der Waals surface area contributed by atoms with Crippen LogP contribution in [0.3, 0.4) is 0 Å². The normalized spacial score (nSPS) is 13.1. The first-order valence-corrected chi connectivity index (χ1v) is 7.07. The first-order valence-electron chi connectivity index (χ1n) is 5.81. The van der Waals surface area contributed by atoms with Crippen LogP contribution in [0.25, 0.3) is 0 Å². The molecule has 2 amide bonds. The van der Waals surface area contributed by atoms with E-state index in [-0.39, 0.29) is 23.2 Å². The molecule has 1 aliphatic heterocycles. The maximum Gasteiger partial charge on any atom is 0.275 e. The molecule has 0 unspecified atom stereocenters. The molecule has 1 aliphatic rings. The van der Waals surface area contributed by atoms with Crippen LogP contribution in [0.5, 0.6) is 5.75 Å². The van der Waals surface area contributed by atoms with E-state index >= 15 is 0 Å². The highest BCUT2D eigenvalue weighted by molar-refractivity contribution is 7.13. The predicted octanol–water partition coefficient (Wildman–Crippen LogP) is 1.96. The Bertz CT molecular complexity index is 746. The number of thiazole rings is 1. The Morgan fingerprint density at radius 3 is 3.05 bits per heavy atom. The molecule has 3 rings (SSSR count). The Balaban J connectivity index is 1.86. The summed E-state index contributed by atoms with van der Waals surface area (Å²) in [5.74, 6) is -0.245. The van der Waals surface area contributed by atoms with Gasteiger partial charge in [0.25, 0.3) is 11.8 Å². The van der Waals surface area contributed by atoms with Crippen molar-refractivity contribution < 1.29 is 14.3 Å². The molecular weight excluding hydrogens is 316 g/mol. The van der Waals surface area contributed by atoms with E-state index in [1.54, 1.807) is 11.4 Å². The fourth-order valence-electron chi connectivity index (χ4n) is 1.77. The molecule has 1 aromatic heterocycles. The van der Waals surface area contributed by atoms with Gasteiger partial charge in [-0.25, -0.2) is 4.98 Å². The van der Waals surface area contributed by atoms with E-state index in [4.69, 9.17) is 22.1 Å². The van der Waals surface area contributed by atoms with E-state index in [9.17, 15) is 9.59 Å². The number of anilines is 3. The number of nitrogen functional groups attached to an aromatic ring is 1. The average Bonchev–Trinajstić information content (AvgIpc) is 2.86. The Hall–Kier alpha value is -2.32. The molecule has 0 aliphatic carbocycles. The number of amides is 2. The van der Waals surface area contributed by atoms with Crippen LogP contribution in [-0.2, 0) is 4.79 Å². The second-order valence-corrected chi connectivity index (χ2v) is 5.49. The first-order chi connectivity index (χ1) is 10.0. The molecule has 4 N–H and O–H groups in total. The minimum absolute atomic E-state index is 0.0787. The number of rotatable bonds is 2. The van der Waals surface area contributed by atoms with Crippen LogP contribution in [-0.4, -0.2) is 23.4 Å². The molecule has 1 aromatic carbocycles. The SMILES string of the molecule is Nc1nc(C(=O)Nc2cc3c(cc2Cl)NC(=O)CO3)cs1. The third kappa shape index (κ3) is 2.76. The maximum absolute atomic E-state index is 12.0. The standard InChI is InChI=1S/C12H9ClN4O3S/c13-5-1-7-9(20-3-10(18)15-7)2-6(5)16-11(19)8-4-21-12(14)17-8/h1-2,4H,3H2,(H2,14,17)(H,15,18)(H,16,19). The fourth-order valence-corrected chi connectivity index (χ4v) is 2.53. The van der Waals surface area contributed by atoms with Crippen LogP contribution < -0.4 is 21.1 Å². The van der Waals surface area contributed by atoms with E-state index in [1.165, 1.54) is 17.4 Å². The number of halogens is 1. The van der Waals surface area contributed by atoms with Crippen LogP contribution in [0, 0.1) is 0 Å². The third-order valence-corrected chi connectivity index (χ3v) is 3.69. The van der Waals surface area contributed by atoms with E-state index in [0.29, 0.717) is 22.3 Å². The molecule has 0 fully saturated rings. The summed E-state index contributed by atoms with van der Waals surface area (Å²) < 4.78 is 5.27. The number of nitrogens with one attached hydrogen (secondary N) is 2. The van der Waals surface area contributed by atoms with Crippen molar-refractivity contribution >= 4 is 51.3 Å². The Kier molecular flexibility index (Phi) is 3.40. The number of hydrogen-bond donors (Lipinski definition) is 3. The van der Waals surface area contributed by atoms with Crippen molar-refractivity contribution in [2.75, 3.05) is 23.0 Å². The highest BCUT2D eigenvalue weighted by Gasteiger charge is 2.19. The lowest BCUT2D eigenvalue weighted by atomic mass is 10.2. The zero-order valence-corrected chi connectivity index (χ0v) is 12.0. The summed E-state index contributed by atoms with van der Waals surface area (Å²) in [4.78, 5) is 27.1. The zero-order chi connectivity index (χ0) is 15.0. The Morgan fingerprint density at radius 2 is 2.33 bits per heavy atom. The summed E-state index contributed by atoms with van der Waals surface area (Å²) in [5, 5.41) is 7.39. The highest BCUT2D eigenvalue weighted by Crippen LogP contribution is 2.36. The van der Waals surface area contributed by atoms with Gasteiger partial charge in [-0.3, -0.25) is 9.59 Å². The average molecular weight is 325 g/mol. The Labute approximate surface area is 128 Å². The molecule has 0 saturated carbocycles. The number of nitrogens with two attached hydrogens (primary N) is 1. The van der Waals surface area contributed by atoms with Crippen molar-refractivity contribution in [3.63, 3.8) is 0 Å². The molecule has 7 nitrogen and oxygen atoms in total. The van der Waals surface area contributed by atoms with Crippen LogP contribution in [0.2, 0.25) is 5.02 Å². The summed E-state index contributed by atoms with van der Waals surface area (Å²) in [6.07, 6.45) is 0. The molecular formula is C12H9ClN4O3S. The van der Waals surface area contributed by atoms with Crippen molar-refractivity contribution in [1.82, 2.24) is 4.98 Å². The topological polar surface area (TPSA) is 106 Å². The number of ether oxygens (including phenoxy) is 1. The van der Waals surface area contributed by atoms with Gasteiger partial charge in [0.2, 0.25) is 0 Å². The van der Waals surface area contributed by atoms with Gasteiger partial charge in [0.1, 0.15) is 11.4 Å². The van der Waals surface area contributed by atoms with Crippen molar-refractivity contribution in [2.24, 2.45) is 0 Å². The number of fused-ring (bicyclic) bond motifs is 1. The van der Waals surface area contributed by atoms with Gasteiger partial charge in [0.05, 0.1) is 16.4 Å². The fraction of sp³-hybridized carbons (Fsp3) is 0.0833.